The molecule has 4 heteroatoms. The number of piperazine rings is 1. The van der Waals surface area contributed by atoms with Gasteiger partial charge in [-0.25, -0.2) is 0 Å². The summed E-state index contributed by atoms with van der Waals surface area (Å²) in [7, 11) is 0. The highest BCUT2D eigenvalue weighted by atomic mass is 16.3. The van der Waals surface area contributed by atoms with E-state index in [9.17, 15) is 5.11 Å². The second-order valence-corrected chi connectivity index (χ2v) is 6.94. The van der Waals surface area contributed by atoms with E-state index < -0.39 is 0 Å². The van der Waals surface area contributed by atoms with Gasteiger partial charge in [-0.05, 0) is 37.5 Å². The molecule has 1 aliphatic heterocycles. The lowest BCUT2D eigenvalue weighted by Gasteiger charge is -2.41. The van der Waals surface area contributed by atoms with Gasteiger partial charge in [0.15, 0.2) is 0 Å². The minimum absolute atomic E-state index is 0.253. The highest BCUT2D eigenvalue weighted by Gasteiger charge is 2.26. The van der Waals surface area contributed by atoms with Crippen LogP contribution in [0, 0.1) is 6.92 Å². The van der Waals surface area contributed by atoms with Gasteiger partial charge >= 0.3 is 0 Å². The summed E-state index contributed by atoms with van der Waals surface area (Å²) in [6.45, 7) is 7.38. The highest BCUT2D eigenvalue weighted by Crippen LogP contribution is 2.16. The Hall–Kier alpha value is -1.75. The lowest BCUT2D eigenvalue weighted by atomic mass is 10.1. The quantitative estimate of drug-likeness (QED) is 0.841. The minimum Gasteiger partial charge on any atom is -0.396 e. The maximum absolute atomic E-state index is 9.48. The first-order chi connectivity index (χ1) is 12.2. The van der Waals surface area contributed by atoms with Crippen LogP contribution in [0.4, 0.5) is 0 Å². The molecule has 0 amide bonds. The van der Waals surface area contributed by atoms with Crippen LogP contribution in [-0.4, -0.2) is 58.7 Å². The van der Waals surface area contributed by atoms with Crippen molar-refractivity contribution in [3.8, 4) is 0 Å². The van der Waals surface area contributed by atoms with Crippen LogP contribution < -0.4 is 0 Å². The summed E-state index contributed by atoms with van der Waals surface area (Å²) >= 11 is 0. The van der Waals surface area contributed by atoms with Crippen LogP contribution in [0.25, 0.3) is 0 Å². The topological polar surface area (TPSA) is 39.6 Å². The van der Waals surface area contributed by atoms with Crippen LogP contribution >= 0.6 is 0 Å². The number of pyridine rings is 1. The van der Waals surface area contributed by atoms with Gasteiger partial charge in [0.25, 0.3) is 0 Å². The number of aliphatic hydroxyl groups excluding tert-OH is 1. The number of aryl methyl sites for hydroxylation is 1. The summed E-state index contributed by atoms with van der Waals surface area (Å²) in [6, 6.07) is 17.3. The molecule has 1 atom stereocenters. The lowest BCUT2D eigenvalue weighted by molar-refractivity contribution is 0.0556. The van der Waals surface area contributed by atoms with Crippen molar-refractivity contribution in [3.63, 3.8) is 0 Å². The van der Waals surface area contributed by atoms with Crippen molar-refractivity contribution in [2.75, 3.05) is 32.8 Å². The minimum atomic E-state index is 0.253. The molecular weight excluding hydrogens is 310 g/mol. The van der Waals surface area contributed by atoms with Gasteiger partial charge in [0.1, 0.15) is 0 Å². The second-order valence-electron chi connectivity index (χ2n) is 6.94. The molecule has 1 fully saturated rings. The molecule has 0 aliphatic carbocycles. The molecule has 1 saturated heterocycles. The zero-order chi connectivity index (χ0) is 17.5. The normalized spacial score (nSPS) is 19.2. The van der Waals surface area contributed by atoms with E-state index in [1.165, 1.54) is 5.56 Å². The van der Waals surface area contributed by atoms with Gasteiger partial charge in [-0.3, -0.25) is 14.8 Å². The third-order valence-corrected chi connectivity index (χ3v) is 5.01. The molecule has 134 valence electrons. The number of rotatable bonds is 7. The molecule has 25 heavy (non-hydrogen) atoms. The Balaban J connectivity index is 1.56. The molecule has 1 aromatic heterocycles. The van der Waals surface area contributed by atoms with Crippen molar-refractivity contribution in [3.05, 3.63) is 65.5 Å². The van der Waals surface area contributed by atoms with Crippen LogP contribution in [0.2, 0.25) is 0 Å². The molecule has 0 bridgehead atoms. The number of hydrogen-bond acceptors (Lipinski definition) is 4. The average molecular weight is 339 g/mol. The molecule has 2 heterocycles. The third-order valence-electron chi connectivity index (χ3n) is 5.01. The fourth-order valence-electron chi connectivity index (χ4n) is 3.65. The summed E-state index contributed by atoms with van der Waals surface area (Å²) in [6.07, 6.45) is 1.91. The molecule has 4 nitrogen and oxygen atoms in total. The molecular formula is C21H29N3O. The highest BCUT2D eigenvalue weighted by molar-refractivity contribution is 5.15. The van der Waals surface area contributed by atoms with E-state index in [2.05, 4.69) is 57.2 Å². The predicted octanol–water partition coefficient (Wildman–Crippen LogP) is 2.50. The zero-order valence-corrected chi connectivity index (χ0v) is 15.1. The van der Waals surface area contributed by atoms with Crippen molar-refractivity contribution in [1.82, 2.24) is 14.8 Å². The van der Waals surface area contributed by atoms with Gasteiger partial charge in [0.2, 0.25) is 0 Å². The Labute approximate surface area is 151 Å². The zero-order valence-electron chi connectivity index (χ0n) is 15.1. The van der Waals surface area contributed by atoms with E-state index in [-0.39, 0.29) is 6.61 Å². The summed E-state index contributed by atoms with van der Waals surface area (Å²) < 4.78 is 0. The molecule has 0 spiro atoms. The van der Waals surface area contributed by atoms with Gasteiger partial charge in [-0.1, -0.05) is 36.4 Å². The van der Waals surface area contributed by atoms with Crippen LogP contribution in [0.3, 0.4) is 0 Å². The molecule has 1 aliphatic rings. The maximum atomic E-state index is 9.48. The standard InChI is InChI=1S/C21H29N3O/c1-18-6-5-9-20(22-18)16-23-13-14-24(21(17-23)11-15-25)12-10-19-7-3-2-4-8-19/h2-9,21,25H,10-17H2,1H3/t21-/m1/s1. The average Bonchev–Trinajstić information content (AvgIpc) is 2.62. The Morgan fingerprint density at radius 3 is 2.68 bits per heavy atom. The number of hydrogen-bond donors (Lipinski definition) is 1. The first-order valence-electron chi connectivity index (χ1n) is 9.28. The monoisotopic (exact) mass is 339 g/mol. The summed E-state index contributed by atoms with van der Waals surface area (Å²) in [5, 5.41) is 9.48. The third kappa shape index (κ3) is 5.36. The molecule has 2 aromatic rings. The number of aromatic nitrogens is 1. The van der Waals surface area contributed by atoms with Crippen molar-refractivity contribution in [2.45, 2.75) is 32.4 Å². The van der Waals surface area contributed by atoms with Crippen LogP contribution in [0.15, 0.2) is 48.5 Å². The molecule has 0 saturated carbocycles. The van der Waals surface area contributed by atoms with E-state index in [0.717, 1.165) is 57.0 Å². The smallest absolute Gasteiger partial charge is 0.0547 e. The van der Waals surface area contributed by atoms with Crippen molar-refractivity contribution in [1.29, 1.82) is 0 Å². The molecule has 1 N–H and O–H groups in total. The second kappa shape index (κ2) is 9.09. The fraction of sp³-hybridized carbons (Fsp3) is 0.476. The van der Waals surface area contributed by atoms with Crippen LogP contribution in [0.5, 0.6) is 0 Å². The predicted molar refractivity (Wildman–Crippen MR) is 101 cm³/mol. The van der Waals surface area contributed by atoms with E-state index in [1.807, 2.05) is 13.0 Å². The SMILES string of the molecule is Cc1cccc(CN2CCN(CCc3ccccc3)[C@H](CCO)C2)n1. The van der Waals surface area contributed by atoms with Crippen molar-refractivity contribution < 1.29 is 5.11 Å². The number of nitrogens with zero attached hydrogens (tertiary/aromatic N) is 3. The molecule has 0 radical (unpaired) electrons. The first kappa shape index (κ1) is 18.1. The largest absolute Gasteiger partial charge is 0.396 e. The summed E-state index contributed by atoms with van der Waals surface area (Å²) in [4.78, 5) is 9.65. The van der Waals surface area contributed by atoms with E-state index in [4.69, 9.17) is 0 Å². The lowest BCUT2D eigenvalue weighted by Crippen LogP contribution is -2.53. The maximum Gasteiger partial charge on any atom is 0.0547 e. The first-order valence-corrected chi connectivity index (χ1v) is 9.28. The molecule has 3 rings (SSSR count). The number of aliphatic hydroxyl groups is 1. The van der Waals surface area contributed by atoms with Gasteiger partial charge in [-0.2, -0.15) is 0 Å². The Morgan fingerprint density at radius 2 is 1.92 bits per heavy atom. The van der Waals surface area contributed by atoms with E-state index in [0.29, 0.717) is 6.04 Å². The van der Waals surface area contributed by atoms with Crippen molar-refractivity contribution >= 4 is 0 Å². The summed E-state index contributed by atoms with van der Waals surface area (Å²) in [5.74, 6) is 0. The van der Waals surface area contributed by atoms with Crippen molar-refractivity contribution in [2.24, 2.45) is 0 Å². The fourth-order valence-corrected chi connectivity index (χ4v) is 3.65. The van der Waals surface area contributed by atoms with Gasteiger partial charge in [0.05, 0.1) is 5.69 Å². The van der Waals surface area contributed by atoms with Gasteiger partial charge in [0, 0.05) is 51.1 Å². The Bertz CT molecular complexity index is 647. The molecule has 1 aromatic carbocycles. The van der Waals surface area contributed by atoms with E-state index >= 15 is 0 Å². The molecule has 0 unspecified atom stereocenters. The van der Waals surface area contributed by atoms with Crippen LogP contribution in [-0.2, 0) is 13.0 Å². The van der Waals surface area contributed by atoms with Crippen LogP contribution in [0.1, 0.15) is 23.4 Å². The Morgan fingerprint density at radius 1 is 1.08 bits per heavy atom. The Kier molecular flexibility index (Phi) is 6.56. The van der Waals surface area contributed by atoms with Gasteiger partial charge in [-0.15, -0.1) is 0 Å². The number of benzene rings is 1. The summed E-state index contributed by atoms with van der Waals surface area (Å²) in [5.41, 5.74) is 3.60. The van der Waals surface area contributed by atoms with Gasteiger partial charge < -0.3 is 5.11 Å². The van der Waals surface area contributed by atoms with E-state index in [1.54, 1.807) is 0 Å².